The van der Waals surface area contributed by atoms with E-state index in [1.165, 1.54) is 0 Å². The number of hydrogen-bond donors (Lipinski definition) is 1. The number of thioether (sulfide) groups is 1. The summed E-state index contributed by atoms with van der Waals surface area (Å²) in [5, 5.41) is 9.15. The summed E-state index contributed by atoms with van der Waals surface area (Å²) in [7, 11) is 1.95. The van der Waals surface area contributed by atoms with Gasteiger partial charge in [-0.2, -0.15) is 0 Å². The fourth-order valence-electron chi connectivity index (χ4n) is 1.34. The fraction of sp³-hybridized carbons (Fsp3) is 0.300. The Bertz CT molecular complexity index is 453. The molecule has 16 heavy (non-hydrogen) atoms. The van der Waals surface area contributed by atoms with Crippen LogP contribution in [0, 0.1) is 0 Å². The first kappa shape index (κ1) is 11.1. The minimum absolute atomic E-state index is 0.639. The van der Waals surface area contributed by atoms with Crippen molar-refractivity contribution in [3.8, 4) is 11.4 Å². The van der Waals surface area contributed by atoms with Crippen LogP contribution in [-0.2, 0) is 7.05 Å². The Balaban J connectivity index is 2.27. The summed E-state index contributed by atoms with van der Waals surface area (Å²) in [5.74, 6) is 1.67. The second-order valence-electron chi connectivity index (χ2n) is 3.24. The van der Waals surface area contributed by atoms with E-state index in [0.717, 1.165) is 22.3 Å². The summed E-state index contributed by atoms with van der Waals surface area (Å²) in [4.78, 5) is 4.07. The Labute approximate surface area is 98.1 Å². The quantitative estimate of drug-likeness (QED) is 0.798. The van der Waals surface area contributed by atoms with Crippen molar-refractivity contribution in [1.29, 1.82) is 0 Å². The molecule has 5 nitrogen and oxygen atoms in total. The smallest absolute Gasteiger partial charge is 0.191 e. The van der Waals surface area contributed by atoms with Gasteiger partial charge in [-0.05, 0) is 12.1 Å². The third kappa shape index (κ3) is 2.23. The molecule has 0 amide bonds. The third-order valence-electron chi connectivity index (χ3n) is 2.10. The van der Waals surface area contributed by atoms with E-state index in [1.54, 1.807) is 24.2 Å². The van der Waals surface area contributed by atoms with Crippen LogP contribution in [0.3, 0.4) is 0 Å². The zero-order valence-electron chi connectivity index (χ0n) is 9.00. The number of rotatable bonds is 4. The molecular formula is C10H13N5S. The molecule has 0 atom stereocenters. The average Bonchev–Trinajstić information content (AvgIpc) is 2.69. The molecule has 2 N–H and O–H groups in total. The van der Waals surface area contributed by atoms with E-state index in [2.05, 4.69) is 15.2 Å². The Morgan fingerprint density at radius 1 is 1.44 bits per heavy atom. The van der Waals surface area contributed by atoms with E-state index in [4.69, 9.17) is 5.73 Å². The lowest BCUT2D eigenvalue weighted by Crippen LogP contribution is -2.03. The zero-order valence-corrected chi connectivity index (χ0v) is 9.81. The van der Waals surface area contributed by atoms with Crippen molar-refractivity contribution in [3.05, 3.63) is 24.5 Å². The molecule has 0 fully saturated rings. The van der Waals surface area contributed by atoms with Gasteiger partial charge in [0.25, 0.3) is 0 Å². The number of nitrogens with zero attached hydrogens (tertiary/aromatic N) is 4. The molecule has 0 saturated heterocycles. The molecule has 0 bridgehead atoms. The van der Waals surface area contributed by atoms with Crippen LogP contribution in [0.4, 0.5) is 0 Å². The van der Waals surface area contributed by atoms with Crippen molar-refractivity contribution < 1.29 is 0 Å². The van der Waals surface area contributed by atoms with Crippen molar-refractivity contribution in [3.63, 3.8) is 0 Å². The molecule has 0 aliphatic carbocycles. The predicted octanol–water partition coefficient (Wildman–Crippen LogP) is 0.928. The predicted molar refractivity (Wildman–Crippen MR) is 64.0 cm³/mol. The molecule has 0 spiro atoms. The lowest BCUT2D eigenvalue weighted by atomic mass is 10.3. The van der Waals surface area contributed by atoms with Crippen molar-refractivity contribution >= 4 is 11.8 Å². The zero-order chi connectivity index (χ0) is 11.4. The monoisotopic (exact) mass is 235 g/mol. The van der Waals surface area contributed by atoms with Gasteiger partial charge in [0.2, 0.25) is 0 Å². The SMILES string of the molecule is Cn1c(SCCN)nnc1-c1cccnc1. The highest BCUT2D eigenvalue weighted by Crippen LogP contribution is 2.21. The summed E-state index contributed by atoms with van der Waals surface area (Å²) < 4.78 is 1.96. The van der Waals surface area contributed by atoms with E-state index in [-0.39, 0.29) is 0 Å². The van der Waals surface area contributed by atoms with Gasteiger partial charge in [0, 0.05) is 37.3 Å². The van der Waals surface area contributed by atoms with Gasteiger partial charge in [-0.15, -0.1) is 10.2 Å². The van der Waals surface area contributed by atoms with Gasteiger partial charge in [-0.25, -0.2) is 0 Å². The Morgan fingerprint density at radius 3 is 3.00 bits per heavy atom. The van der Waals surface area contributed by atoms with E-state index < -0.39 is 0 Å². The van der Waals surface area contributed by atoms with Gasteiger partial charge in [-0.1, -0.05) is 11.8 Å². The van der Waals surface area contributed by atoms with Crippen LogP contribution < -0.4 is 5.73 Å². The van der Waals surface area contributed by atoms with E-state index in [1.807, 2.05) is 23.7 Å². The molecular weight excluding hydrogens is 222 g/mol. The fourth-order valence-corrected chi connectivity index (χ4v) is 2.02. The van der Waals surface area contributed by atoms with Crippen LogP contribution in [0.15, 0.2) is 29.7 Å². The highest BCUT2D eigenvalue weighted by molar-refractivity contribution is 7.99. The maximum Gasteiger partial charge on any atom is 0.191 e. The summed E-state index contributed by atoms with van der Waals surface area (Å²) >= 11 is 1.61. The van der Waals surface area contributed by atoms with Crippen LogP contribution in [0.2, 0.25) is 0 Å². The Morgan fingerprint density at radius 2 is 2.31 bits per heavy atom. The van der Waals surface area contributed by atoms with Crippen molar-refractivity contribution in [1.82, 2.24) is 19.7 Å². The summed E-state index contributed by atoms with van der Waals surface area (Å²) in [6, 6.07) is 3.85. The lowest BCUT2D eigenvalue weighted by Gasteiger charge is -2.02. The molecule has 0 aliphatic rings. The molecule has 0 aliphatic heterocycles. The number of nitrogens with two attached hydrogens (primary N) is 1. The van der Waals surface area contributed by atoms with Gasteiger partial charge in [0.15, 0.2) is 11.0 Å². The first-order valence-corrected chi connectivity index (χ1v) is 5.94. The molecule has 0 unspecified atom stereocenters. The summed E-state index contributed by atoms with van der Waals surface area (Å²) in [5.41, 5.74) is 6.43. The highest BCUT2D eigenvalue weighted by atomic mass is 32.2. The summed E-state index contributed by atoms with van der Waals surface area (Å²) in [6.07, 6.45) is 3.52. The number of pyridine rings is 1. The Kier molecular flexibility index (Phi) is 3.53. The molecule has 2 aromatic heterocycles. The number of hydrogen-bond acceptors (Lipinski definition) is 5. The van der Waals surface area contributed by atoms with Crippen LogP contribution in [-0.4, -0.2) is 32.0 Å². The third-order valence-corrected chi connectivity index (χ3v) is 3.16. The van der Waals surface area contributed by atoms with Crippen molar-refractivity contribution in [2.45, 2.75) is 5.16 Å². The minimum atomic E-state index is 0.639. The van der Waals surface area contributed by atoms with Gasteiger partial charge in [-0.3, -0.25) is 4.98 Å². The molecule has 0 saturated carbocycles. The number of aromatic nitrogens is 4. The first-order chi connectivity index (χ1) is 7.83. The van der Waals surface area contributed by atoms with Gasteiger partial charge < -0.3 is 10.3 Å². The van der Waals surface area contributed by atoms with Gasteiger partial charge in [0.1, 0.15) is 0 Å². The Hall–Kier alpha value is -1.40. The minimum Gasteiger partial charge on any atom is -0.330 e. The largest absolute Gasteiger partial charge is 0.330 e. The molecule has 2 aromatic rings. The normalized spacial score (nSPS) is 10.6. The maximum absolute atomic E-state index is 5.46. The standard InChI is InChI=1S/C10H13N5S/c1-15-9(8-3-2-5-12-7-8)13-14-10(15)16-6-4-11/h2-3,5,7H,4,6,11H2,1H3. The first-order valence-electron chi connectivity index (χ1n) is 4.95. The average molecular weight is 235 g/mol. The van der Waals surface area contributed by atoms with Crippen molar-refractivity contribution in [2.75, 3.05) is 12.3 Å². The van der Waals surface area contributed by atoms with E-state index in [0.29, 0.717) is 6.54 Å². The second-order valence-corrected chi connectivity index (χ2v) is 4.31. The van der Waals surface area contributed by atoms with E-state index in [9.17, 15) is 0 Å². The molecule has 2 heterocycles. The molecule has 84 valence electrons. The van der Waals surface area contributed by atoms with Crippen LogP contribution in [0.25, 0.3) is 11.4 Å². The van der Waals surface area contributed by atoms with Crippen LogP contribution >= 0.6 is 11.8 Å². The van der Waals surface area contributed by atoms with E-state index >= 15 is 0 Å². The maximum atomic E-state index is 5.46. The van der Waals surface area contributed by atoms with Crippen LogP contribution in [0.5, 0.6) is 0 Å². The van der Waals surface area contributed by atoms with Crippen molar-refractivity contribution in [2.24, 2.45) is 12.8 Å². The summed E-state index contributed by atoms with van der Waals surface area (Å²) in [6.45, 7) is 0.639. The molecule has 0 aromatic carbocycles. The van der Waals surface area contributed by atoms with Crippen LogP contribution in [0.1, 0.15) is 0 Å². The molecule has 0 radical (unpaired) electrons. The molecule has 2 rings (SSSR count). The highest BCUT2D eigenvalue weighted by Gasteiger charge is 2.10. The van der Waals surface area contributed by atoms with Gasteiger partial charge in [0.05, 0.1) is 0 Å². The lowest BCUT2D eigenvalue weighted by molar-refractivity contribution is 0.793. The van der Waals surface area contributed by atoms with Gasteiger partial charge >= 0.3 is 0 Å². The second kappa shape index (κ2) is 5.09. The molecule has 6 heteroatoms. The topological polar surface area (TPSA) is 69.6 Å².